The molecule has 1 heterocycles. The summed E-state index contributed by atoms with van der Waals surface area (Å²) in [4.78, 5) is 83.3. The SMILES string of the molecule is CC(=O)O[C@H]1C(=O)[C@@]2(C)[C@H]([C@H](OC(=O)c3ccccc3)C3(O)C[C@@]4(OC(=O)[C@H](O)[C@@H](NC(=O)c5ccccc5)c5ccccc5)C(C)C1C34C)[C@]1(OC(C)=O)CO[C@@H]1C[C@@H]2O. The Labute approximate surface area is 351 Å². The molecule has 4 saturated carbocycles. The molecule has 4 N–H and O–H groups in total. The van der Waals surface area contributed by atoms with Crippen LogP contribution < -0.4 is 5.32 Å². The normalized spacial score (nSPS) is 37.6. The zero-order valence-electron chi connectivity index (χ0n) is 34.3. The molecule has 15 nitrogen and oxygen atoms in total. The number of esters is 4. The number of amides is 1. The summed E-state index contributed by atoms with van der Waals surface area (Å²) < 4.78 is 30.5. The highest BCUT2D eigenvalue weighted by Gasteiger charge is 2.93. The number of rotatable bonds is 10. The molecule has 8 rings (SSSR count). The van der Waals surface area contributed by atoms with Crippen molar-refractivity contribution in [2.75, 3.05) is 6.61 Å². The summed E-state index contributed by atoms with van der Waals surface area (Å²) in [5.41, 5.74) is -8.69. The van der Waals surface area contributed by atoms with Crippen molar-refractivity contribution in [2.24, 2.45) is 28.6 Å². The van der Waals surface area contributed by atoms with Crippen LogP contribution >= 0.6 is 0 Å². The molecule has 4 unspecified atom stereocenters. The first-order chi connectivity index (χ1) is 28.9. The van der Waals surface area contributed by atoms with E-state index in [1.54, 1.807) is 85.8 Å². The Hall–Kier alpha value is -5.48. The molecule has 1 saturated heterocycles. The Morgan fingerprint density at radius 3 is 1.98 bits per heavy atom. The molecule has 5 fully saturated rings. The van der Waals surface area contributed by atoms with Crippen molar-refractivity contribution in [1.82, 2.24) is 5.32 Å². The van der Waals surface area contributed by atoms with Gasteiger partial charge in [0.1, 0.15) is 23.4 Å². The average molecular weight is 840 g/mol. The zero-order chi connectivity index (χ0) is 43.9. The molecule has 15 heteroatoms. The van der Waals surface area contributed by atoms with Gasteiger partial charge in [-0.15, -0.1) is 0 Å². The molecule has 4 aliphatic carbocycles. The number of hydrogen-bond acceptors (Lipinski definition) is 14. The molecule has 5 aliphatic rings. The number of Topliss-reactive ketones (excluding diaryl/α,β-unsaturated/α-hetero) is 1. The van der Waals surface area contributed by atoms with E-state index in [0.717, 1.165) is 13.8 Å². The number of carbonyl (C=O) groups excluding carboxylic acids is 6. The van der Waals surface area contributed by atoms with Crippen LogP contribution in [0.25, 0.3) is 0 Å². The van der Waals surface area contributed by atoms with E-state index in [4.69, 9.17) is 23.7 Å². The largest absolute Gasteiger partial charge is 0.456 e. The number of fused-ring (bicyclic) bond motifs is 3. The topological polar surface area (TPSA) is 221 Å². The molecule has 14 atom stereocenters. The summed E-state index contributed by atoms with van der Waals surface area (Å²) in [6.07, 6.45) is -8.54. The minimum atomic E-state index is -2.24. The summed E-state index contributed by atoms with van der Waals surface area (Å²) in [5, 5.41) is 40.1. The third-order valence-corrected chi connectivity index (χ3v) is 14.7. The maximum atomic E-state index is 15.4. The van der Waals surface area contributed by atoms with Gasteiger partial charge in [0.25, 0.3) is 5.91 Å². The predicted molar refractivity (Wildman–Crippen MR) is 211 cm³/mol. The zero-order valence-corrected chi connectivity index (χ0v) is 34.3. The maximum Gasteiger partial charge on any atom is 0.338 e. The van der Waals surface area contributed by atoms with Crippen molar-refractivity contribution in [2.45, 2.75) is 101 Å². The molecular weight excluding hydrogens is 790 g/mol. The lowest BCUT2D eigenvalue weighted by molar-refractivity contribution is -0.450. The molecular formula is C46H49NO14. The minimum absolute atomic E-state index is 0.0894. The van der Waals surface area contributed by atoms with Gasteiger partial charge >= 0.3 is 23.9 Å². The fraction of sp³-hybridized carbons (Fsp3) is 0.478. The predicted octanol–water partition coefficient (Wildman–Crippen LogP) is 3.04. The summed E-state index contributed by atoms with van der Waals surface area (Å²) in [5.74, 6) is -8.52. The van der Waals surface area contributed by atoms with E-state index in [-0.39, 0.29) is 24.2 Å². The molecule has 3 aromatic rings. The second-order valence-electron chi connectivity index (χ2n) is 17.5. The van der Waals surface area contributed by atoms with Crippen LogP contribution in [0, 0.1) is 28.6 Å². The van der Waals surface area contributed by atoms with Crippen molar-refractivity contribution in [3.8, 4) is 0 Å². The summed E-state index contributed by atoms with van der Waals surface area (Å²) in [6, 6.07) is 23.1. The van der Waals surface area contributed by atoms with Gasteiger partial charge in [-0.3, -0.25) is 19.2 Å². The Bertz CT molecular complexity index is 2260. The Morgan fingerprint density at radius 2 is 1.43 bits per heavy atom. The molecule has 322 valence electrons. The molecule has 3 aromatic carbocycles. The van der Waals surface area contributed by atoms with E-state index < -0.39 is 124 Å². The van der Waals surface area contributed by atoms with E-state index >= 15 is 4.79 Å². The van der Waals surface area contributed by atoms with Crippen LogP contribution in [-0.4, -0.2) is 105 Å². The number of ketones is 1. The summed E-state index contributed by atoms with van der Waals surface area (Å²) >= 11 is 0. The van der Waals surface area contributed by atoms with Crippen LogP contribution in [0.5, 0.6) is 0 Å². The van der Waals surface area contributed by atoms with Crippen molar-refractivity contribution in [1.29, 1.82) is 0 Å². The number of ether oxygens (including phenoxy) is 5. The Balaban J connectivity index is 1.24. The van der Waals surface area contributed by atoms with Crippen LogP contribution in [-0.2, 0) is 42.9 Å². The van der Waals surface area contributed by atoms with Gasteiger partial charge in [-0.05, 0) is 36.8 Å². The van der Waals surface area contributed by atoms with Gasteiger partial charge in [0.05, 0.1) is 35.6 Å². The van der Waals surface area contributed by atoms with Gasteiger partial charge in [0, 0.05) is 49.5 Å². The highest BCUT2D eigenvalue weighted by Crippen LogP contribution is 2.80. The van der Waals surface area contributed by atoms with Crippen molar-refractivity contribution in [3.05, 3.63) is 108 Å². The second-order valence-corrected chi connectivity index (χ2v) is 17.5. The lowest BCUT2D eigenvalue weighted by Crippen LogP contribution is -2.95. The first-order valence-electron chi connectivity index (χ1n) is 20.4. The molecule has 1 amide bonds. The van der Waals surface area contributed by atoms with E-state index in [0.29, 0.717) is 5.56 Å². The third-order valence-electron chi connectivity index (χ3n) is 14.7. The lowest BCUT2D eigenvalue weighted by atomic mass is 9.25. The first-order valence-corrected chi connectivity index (χ1v) is 20.4. The highest BCUT2D eigenvalue weighted by atomic mass is 16.6. The Morgan fingerprint density at radius 1 is 0.836 bits per heavy atom. The van der Waals surface area contributed by atoms with Crippen LogP contribution in [0.4, 0.5) is 0 Å². The number of aliphatic hydroxyl groups excluding tert-OH is 2. The monoisotopic (exact) mass is 839 g/mol. The maximum absolute atomic E-state index is 15.4. The number of aliphatic hydroxyl groups is 3. The van der Waals surface area contributed by atoms with Gasteiger partial charge in [-0.2, -0.15) is 0 Å². The first kappa shape index (κ1) is 42.2. The summed E-state index contributed by atoms with van der Waals surface area (Å²) in [7, 11) is 0. The van der Waals surface area contributed by atoms with E-state index in [2.05, 4.69) is 5.32 Å². The van der Waals surface area contributed by atoms with Crippen LogP contribution in [0.3, 0.4) is 0 Å². The number of carbonyl (C=O) groups is 6. The molecule has 0 aromatic heterocycles. The lowest BCUT2D eigenvalue weighted by Gasteiger charge is -2.82. The average Bonchev–Trinajstić information content (AvgIpc) is 3.24. The fourth-order valence-corrected chi connectivity index (χ4v) is 11.7. The molecule has 61 heavy (non-hydrogen) atoms. The Kier molecular flexibility index (Phi) is 10.3. The van der Waals surface area contributed by atoms with Gasteiger partial charge in [-0.1, -0.05) is 80.6 Å². The van der Waals surface area contributed by atoms with Gasteiger partial charge in [-0.25, -0.2) is 9.59 Å². The number of hydrogen-bond donors (Lipinski definition) is 4. The smallest absolute Gasteiger partial charge is 0.338 e. The third kappa shape index (κ3) is 5.98. The standard InChI is InChI=1S/C46H49NO14/c1-24-32-35(58-25(2)48)37(52)42(4)30(50)21-31-44(23-57-31,60-26(3)49)36(42)38(59-40(54)29-19-13-8-14-20-29)45(56)22-46(24,43(32,45)5)61-41(55)34(51)33(27-15-9-6-10-16-27)47-39(53)28-17-11-7-12-18-28/h6-20,24,30-36,38,50-51,56H,21-23H2,1-5H3,(H,47,53)/t24?,30-,31+,32?,33-,34+,35+,36-,38-,42+,43?,44-,45?,46+/m0/s1. The quantitative estimate of drug-likeness (QED) is 0.170. The van der Waals surface area contributed by atoms with Crippen molar-refractivity contribution in [3.63, 3.8) is 0 Å². The number of nitrogens with one attached hydrogen (secondary N) is 1. The second kappa shape index (κ2) is 14.9. The highest BCUT2D eigenvalue weighted by molar-refractivity contribution is 5.95. The van der Waals surface area contributed by atoms with E-state index in [1.807, 2.05) is 0 Å². The van der Waals surface area contributed by atoms with Crippen molar-refractivity contribution < 1.29 is 67.8 Å². The van der Waals surface area contributed by atoms with E-state index in [9.17, 15) is 39.3 Å². The minimum Gasteiger partial charge on any atom is -0.456 e. The van der Waals surface area contributed by atoms with E-state index in [1.165, 1.54) is 26.0 Å². The fourth-order valence-electron chi connectivity index (χ4n) is 11.7. The van der Waals surface area contributed by atoms with Gasteiger partial charge < -0.3 is 44.3 Å². The molecule has 0 spiro atoms. The van der Waals surface area contributed by atoms with Crippen LogP contribution in [0.1, 0.15) is 79.8 Å². The van der Waals surface area contributed by atoms with Crippen LogP contribution in [0.2, 0.25) is 0 Å². The van der Waals surface area contributed by atoms with Crippen LogP contribution in [0.15, 0.2) is 91.0 Å². The summed E-state index contributed by atoms with van der Waals surface area (Å²) in [6.45, 7) is 6.60. The van der Waals surface area contributed by atoms with Gasteiger partial charge in [0.15, 0.2) is 23.6 Å². The number of benzene rings is 3. The van der Waals surface area contributed by atoms with Gasteiger partial charge in [0.2, 0.25) is 0 Å². The van der Waals surface area contributed by atoms with Crippen molar-refractivity contribution >= 4 is 35.6 Å². The molecule has 0 bridgehead atoms. The molecule has 1 aliphatic heterocycles. The molecule has 0 radical (unpaired) electrons.